The quantitative estimate of drug-likeness (QED) is 0.523. The molecule has 8 heteroatoms. The Morgan fingerprint density at radius 1 is 1.40 bits per heavy atom. The lowest BCUT2D eigenvalue weighted by Crippen LogP contribution is -2.21. The lowest BCUT2D eigenvalue weighted by atomic mass is 10.2. The molecule has 2 heterocycles. The van der Waals surface area contributed by atoms with Gasteiger partial charge in [0.05, 0.1) is 5.69 Å². The SMILES string of the molecule is CN/N=C(\C)n1nc(-c2cccnc2)cc1C(F)(F)F. The maximum absolute atomic E-state index is 13.0. The minimum absolute atomic E-state index is 0.0926. The summed E-state index contributed by atoms with van der Waals surface area (Å²) in [5, 5.41) is 7.68. The van der Waals surface area contributed by atoms with Crippen molar-refractivity contribution in [2.75, 3.05) is 7.05 Å². The van der Waals surface area contributed by atoms with Gasteiger partial charge in [-0.25, -0.2) is 4.68 Å². The third-order valence-corrected chi connectivity index (χ3v) is 2.54. The second kappa shape index (κ2) is 5.32. The Morgan fingerprint density at radius 2 is 2.15 bits per heavy atom. The molecular formula is C12H12F3N5. The first-order valence-corrected chi connectivity index (χ1v) is 5.72. The van der Waals surface area contributed by atoms with Crippen molar-refractivity contribution in [1.82, 2.24) is 20.2 Å². The molecule has 5 nitrogen and oxygen atoms in total. The summed E-state index contributed by atoms with van der Waals surface area (Å²) in [6.45, 7) is 1.44. The van der Waals surface area contributed by atoms with Gasteiger partial charge in [0.15, 0.2) is 0 Å². The van der Waals surface area contributed by atoms with Crippen molar-refractivity contribution >= 4 is 5.84 Å². The fraction of sp³-hybridized carbons (Fsp3) is 0.250. The number of nitrogens with one attached hydrogen (secondary N) is 1. The molecule has 2 rings (SSSR count). The molecule has 0 saturated carbocycles. The molecule has 0 saturated heterocycles. The summed E-state index contributed by atoms with van der Waals surface area (Å²) in [5.41, 5.74) is 2.26. The molecule has 106 valence electrons. The summed E-state index contributed by atoms with van der Waals surface area (Å²) < 4.78 is 39.8. The van der Waals surface area contributed by atoms with E-state index in [1.165, 1.54) is 20.2 Å². The van der Waals surface area contributed by atoms with Gasteiger partial charge in [0.1, 0.15) is 11.5 Å². The number of aromatic nitrogens is 3. The molecular weight excluding hydrogens is 271 g/mol. The van der Waals surface area contributed by atoms with Gasteiger partial charge in [0, 0.05) is 25.0 Å². The van der Waals surface area contributed by atoms with Gasteiger partial charge < -0.3 is 5.43 Å². The number of rotatable bonds is 2. The van der Waals surface area contributed by atoms with Crippen molar-refractivity contribution in [3.8, 4) is 11.3 Å². The molecule has 2 aromatic rings. The Morgan fingerprint density at radius 3 is 2.70 bits per heavy atom. The highest BCUT2D eigenvalue weighted by Crippen LogP contribution is 2.32. The minimum atomic E-state index is -4.52. The third-order valence-electron chi connectivity index (χ3n) is 2.54. The van der Waals surface area contributed by atoms with Crippen LogP contribution in [0.2, 0.25) is 0 Å². The monoisotopic (exact) mass is 283 g/mol. The molecule has 0 aliphatic carbocycles. The van der Waals surface area contributed by atoms with Crippen molar-refractivity contribution in [2.24, 2.45) is 5.10 Å². The van der Waals surface area contributed by atoms with Gasteiger partial charge in [-0.2, -0.15) is 23.4 Å². The molecule has 1 N–H and O–H groups in total. The topological polar surface area (TPSA) is 55.1 Å². The van der Waals surface area contributed by atoms with Gasteiger partial charge in [0.2, 0.25) is 0 Å². The Bertz CT molecular complexity index is 616. The maximum Gasteiger partial charge on any atom is 0.433 e. The predicted octanol–water partition coefficient (Wildman–Crippen LogP) is 2.36. The Balaban J connectivity index is 2.56. The Labute approximate surface area is 113 Å². The minimum Gasteiger partial charge on any atom is -0.311 e. The molecule has 0 aliphatic heterocycles. The van der Waals surface area contributed by atoms with Crippen LogP contribution in [0.3, 0.4) is 0 Å². The van der Waals surface area contributed by atoms with Gasteiger partial charge in [0.25, 0.3) is 0 Å². The van der Waals surface area contributed by atoms with Crippen molar-refractivity contribution in [1.29, 1.82) is 0 Å². The molecule has 20 heavy (non-hydrogen) atoms. The molecule has 0 aliphatic rings. The standard InChI is InChI=1S/C12H12F3N5/c1-8(18-16-2)20-11(12(13,14)15)6-10(19-20)9-4-3-5-17-7-9/h3-7,16H,1-2H3/b18-8+. The molecule has 0 unspecified atom stereocenters. The summed E-state index contributed by atoms with van der Waals surface area (Å²) in [4.78, 5) is 3.87. The van der Waals surface area contributed by atoms with E-state index in [1.807, 2.05) is 0 Å². The van der Waals surface area contributed by atoms with E-state index >= 15 is 0 Å². The summed E-state index contributed by atoms with van der Waals surface area (Å²) >= 11 is 0. The van der Waals surface area contributed by atoms with Gasteiger partial charge in [-0.05, 0) is 25.1 Å². The maximum atomic E-state index is 13.0. The van der Waals surface area contributed by atoms with E-state index in [0.29, 0.717) is 5.56 Å². The van der Waals surface area contributed by atoms with E-state index in [-0.39, 0.29) is 11.5 Å². The number of nitrogens with zero attached hydrogens (tertiary/aromatic N) is 4. The molecule has 0 fully saturated rings. The first-order valence-electron chi connectivity index (χ1n) is 5.72. The van der Waals surface area contributed by atoms with Crippen LogP contribution in [-0.2, 0) is 6.18 Å². The molecule has 0 spiro atoms. The summed E-state index contributed by atoms with van der Waals surface area (Å²) in [5.74, 6) is 0.0926. The van der Waals surface area contributed by atoms with Crippen LogP contribution in [0, 0.1) is 0 Å². The fourth-order valence-corrected chi connectivity index (χ4v) is 1.69. The molecule has 0 amide bonds. The van der Waals surface area contributed by atoms with Gasteiger partial charge >= 0.3 is 6.18 Å². The summed E-state index contributed by atoms with van der Waals surface area (Å²) in [6.07, 6.45) is -1.52. The van der Waals surface area contributed by atoms with E-state index in [4.69, 9.17) is 0 Å². The molecule has 0 aromatic carbocycles. The van der Waals surface area contributed by atoms with Gasteiger partial charge in [-0.3, -0.25) is 4.98 Å². The third kappa shape index (κ3) is 2.79. The van der Waals surface area contributed by atoms with E-state index in [0.717, 1.165) is 10.7 Å². The highest BCUT2D eigenvalue weighted by Gasteiger charge is 2.36. The van der Waals surface area contributed by atoms with Crippen LogP contribution in [0.5, 0.6) is 0 Å². The number of alkyl halides is 3. The van der Waals surface area contributed by atoms with Crippen LogP contribution in [0.4, 0.5) is 13.2 Å². The zero-order valence-electron chi connectivity index (χ0n) is 10.8. The summed E-state index contributed by atoms with van der Waals surface area (Å²) in [6, 6.07) is 4.26. The van der Waals surface area contributed by atoms with Crippen LogP contribution in [0.1, 0.15) is 12.6 Å². The van der Waals surface area contributed by atoms with Crippen LogP contribution < -0.4 is 5.43 Å². The molecule has 0 radical (unpaired) electrons. The van der Waals surface area contributed by atoms with Crippen molar-refractivity contribution in [2.45, 2.75) is 13.1 Å². The zero-order chi connectivity index (χ0) is 14.8. The predicted molar refractivity (Wildman–Crippen MR) is 68.0 cm³/mol. The summed E-state index contributed by atoms with van der Waals surface area (Å²) in [7, 11) is 1.50. The molecule has 0 atom stereocenters. The number of halogens is 3. The van der Waals surface area contributed by atoms with Crippen LogP contribution in [0.15, 0.2) is 35.7 Å². The normalized spacial score (nSPS) is 12.6. The van der Waals surface area contributed by atoms with Gasteiger partial charge in [-0.15, -0.1) is 0 Å². The second-order valence-corrected chi connectivity index (χ2v) is 3.95. The molecule has 0 bridgehead atoms. The lowest BCUT2D eigenvalue weighted by molar-refractivity contribution is -0.142. The van der Waals surface area contributed by atoms with E-state index < -0.39 is 11.9 Å². The number of hydrogen-bond acceptors (Lipinski definition) is 4. The first kappa shape index (κ1) is 14.0. The highest BCUT2D eigenvalue weighted by atomic mass is 19.4. The van der Waals surface area contributed by atoms with Crippen LogP contribution >= 0.6 is 0 Å². The van der Waals surface area contributed by atoms with E-state index in [2.05, 4.69) is 20.6 Å². The van der Waals surface area contributed by atoms with E-state index in [9.17, 15) is 13.2 Å². The smallest absolute Gasteiger partial charge is 0.311 e. The number of hydrogen-bond donors (Lipinski definition) is 1. The second-order valence-electron chi connectivity index (χ2n) is 3.95. The fourth-order valence-electron chi connectivity index (χ4n) is 1.69. The zero-order valence-corrected chi connectivity index (χ0v) is 10.8. The van der Waals surface area contributed by atoms with Crippen molar-refractivity contribution in [3.63, 3.8) is 0 Å². The van der Waals surface area contributed by atoms with Crippen LogP contribution in [0.25, 0.3) is 11.3 Å². The lowest BCUT2D eigenvalue weighted by Gasteiger charge is -2.08. The van der Waals surface area contributed by atoms with Crippen molar-refractivity contribution in [3.05, 3.63) is 36.3 Å². The Kier molecular flexibility index (Phi) is 3.73. The van der Waals surface area contributed by atoms with E-state index in [1.54, 1.807) is 18.3 Å². The highest BCUT2D eigenvalue weighted by molar-refractivity contribution is 5.82. The first-order chi connectivity index (χ1) is 9.43. The Hall–Kier alpha value is -2.38. The average Bonchev–Trinajstić information content (AvgIpc) is 2.85. The van der Waals surface area contributed by atoms with Crippen molar-refractivity contribution < 1.29 is 13.2 Å². The number of hydrazone groups is 1. The molecule has 2 aromatic heterocycles. The number of pyridine rings is 1. The average molecular weight is 283 g/mol. The van der Waals surface area contributed by atoms with Gasteiger partial charge in [-0.1, -0.05) is 0 Å². The largest absolute Gasteiger partial charge is 0.433 e. The van der Waals surface area contributed by atoms with Crippen LogP contribution in [-0.4, -0.2) is 27.6 Å².